The molecule has 27 heavy (non-hydrogen) atoms. The monoisotopic (exact) mass is 500 g/mol. The molecule has 0 heterocycles. The van der Waals surface area contributed by atoms with Crippen molar-refractivity contribution in [3.8, 4) is 0 Å². The van der Waals surface area contributed by atoms with Crippen molar-refractivity contribution in [2.75, 3.05) is 23.7 Å². The van der Waals surface area contributed by atoms with Crippen molar-refractivity contribution in [3.63, 3.8) is 0 Å². The summed E-state index contributed by atoms with van der Waals surface area (Å²) in [4.78, 5) is 12.1. The molecule has 1 N–H and O–H groups in total. The van der Waals surface area contributed by atoms with Gasteiger partial charge in [-0.2, -0.15) is 0 Å². The van der Waals surface area contributed by atoms with Crippen molar-refractivity contribution in [1.82, 2.24) is 5.32 Å². The van der Waals surface area contributed by atoms with Crippen LogP contribution in [0.25, 0.3) is 0 Å². The van der Waals surface area contributed by atoms with E-state index in [0.29, 0.717) is 18.7 Å². The summed E-state index contributed by atoms with van der Waals surface area (Å²) in [5, 5.41) is 2.93. The number of hydrogen-bond donors (Lipinski definition) is 1. The highest BCUT2D eigenvalue weighted by Gasteiger charge is 2.17. The Morgan fingerprint density at radius 3 is 2.33 bits per heavy atom. The van der Waals surface area contributed by atoms with E-state index >= 15 is 0 Å². The predicted molar refractivity (Wildman–Crippen MR) is 118 cm³/mol. The Morgan fingerprint density at radius 1 is 1.11 bits per heavy atom. The smallest absolute Gasteiger partial charge is 0.232 e. The molecular formula is C20H25IN2O3S. The van der Waals surface area contributed by atoms with E-state index in [1.165, 1.54) is 16.1 Å². The number of amides is 1. The van der Waals surface area contributed by atoms with E-state index in [0.717, 1.165) is 3.57 Å². The predicted octanol–water partition coefficient (Wildman–Crippen LogP) is 3.76. The van der Waals surface area contributed by atoms with Gasteiger partial charge in [-0.25, -0.2) is 8.42 Å². The van der Waals surface area contributed by atoms with Crippen LogP contribution >= 0.6 is 22.6 Å². The molecule has 2 aromatic carbocycles. The molecule has 0 radical (unpaired) electrons. The van der Waals surface area contributed by atoms with Gasteiger partial charge in [0.2, 0.25) is 15.9 Å². The largest absolute Gasteiger partial charge is 0.356 e. The lowest BCUT2D eigenvalue weighted by Crippen LogP contribution is -2.32. The number of hydrogen-bond acceptors (Lipinski definition) is 3. The fourth-order valence-corrected chi connectivity index (χ4v) is 4.06. The lowest BCUT2D eigenvalue weighted by molar-refractivity contribution is -0.121. The van der Waals surface area contributed by atoms with Gasteiger partial charge in [-0.15, -0.1) is 0 Å². The highest BCUT2D eigenvalue weighted by atomic mass is 127. The number of carbonyl (C=O) groups is 1. The molecule has 2 aromatic rings. The molecule has 0 aliphatic rings. The van der Waals surface area contributed by atoms with E-state index in [-0.39, 0.29) is 24.8 Å². The number of rotatable bonds is 9. The zero-order valence-corrected chi connectivity index (χ0v) is 18.5. The molecule has 7 heteroatoms. The van der Waals surface area contributed by atoms with Gasteiger partial charge >= 0.3 is 0 Å². The first kappa shape index (κ1) is 21.7. The molecule has 0 aliphatic heterocycles. The molecule has 0 bridgehead atoms. The van der Waals surface area contributed by atoms with Crippen LogP contribution in [0.4, 0.5) is 5.69 Å². The molecule has 146 valence electrons. The van der Waals surface area contributed by atoms with Gasteiger partial charge in [0, 0.05) is 23.1 Å². The number of sulfonamides is 1. The Bertz CT molecular complexity index is 839. The zero-order valence-electron chi connectivity index (χ0n) is 15.6. The van der Waals surface area contributed by atoms with Crippen LogP contribution in [0.1, 0.15) is 31.2 Å². The van der Waals surface area contributed by atoms with Gasteiger partial charge in [-0.1, -0.05) is 37.3 Å². The van der Waals surface area contributed by atoms with Gasteiger partial charge in [-0.3, -0.25) is 9.10 Å². The van der Waals surface area contributed by atoms with Crippen LogP contribution in [-0.4, -0.2) is 33.7 Å². The number of halogens is 1. The second-order valence-electron chi connectivity index (χ2n) is 6.53. The number of nitrogens with one attached hydrogen (secondary N) is 1. The van der Waals surface area contributed by atoms with Crippen molar-refractivity contribution in [3.05, 3.63) is 63.7 Å². The van der Waals surface area contributed by atoms with Gasteiger partial charge in [-0.05, 0) is 64.8 Å². The average Bonchev–Trinajstić information content (AvgIpc) is 2.64. The van der Waals surface area contributed by atoms with Crippen LogP contribution in [0.2, 0.25) is 0 Å². The lowest BCUT2D eigenvalue weighted by Gasteiger charge is -2.22. The highest BCUT2D eigenvalue weighted by Crippen LogP contribution is 2.20. The Labute approximate surface area is 175 Å². The van der Waals surface area contributed by atoms with E-state index in [9.17, 15) is 13.2 Å². The van der Waals surface area contributed by atoms with Gasteiger partial charge in [0.25, 0.3) is 0 Å². The van der Waals surface area contributed by atoms with Crippen LogP contribution in [0, 0.1) is 3.57 Å². The van der Waals surface area contributed by atoms with E-state index in [1.807, 2.05) is 42.5 Å². The normalized spacial score (nSPS) is 12.4. The average molecular weight is 500 g/mol. The Balaban J connectivity index is 1.83. The molecule has 1 unspecified atom stereocenters. The van der Waals surface area contributed by atoms with Gasteiger partial charge in [0.05, 0.1) is 11.9 Å². The molecule has 0 saturated carbocycles. The fraction of sp³-hybridized carbons (Fsp3) is 0.350. The Kier molecular flexibility index (Phi) is 8.09. The molecule has 5 nitrogen and oxygen atoms in total. The third-order valence-corrected chi connectivity index (χ3v) is 6.17. The minimum atomic E-state index is -3.39. The first-order valence-electron chi connectivity index (χ1n) is 8.82. The van der Waals surface area contributed by atoms with E-state index in [2.05, 4.69) is 34.8 Å². The molecule has 0 aromatic heterocycles. The second-order valence-corrected chi connectivity index (χ2v) is 9.68. The summed E-state index contributed by atoms with van der Waals surface area (Å²) >= 11 is 2.18. The molecule has 1 atom stereocenters. The summed E-state index contributed by atoms with van der Waals surface area (Å²) in [6, 6.07) is 17.3. The summed E-state index contributed by atoms with van der Waals surface area (Å²) in [5.74, 6) is 0.170. The lowest BCUT2D eigenvalue weighted by atomic mass is 10.0. The van der Waals surface area contributed by atoms with Gasteiger partial charge in [0.15, 0.2) is 0 Å². The van der Waals surface area contributed by atoms with Gasteiger partial charge in [0.1, 0.15) is 0 Å². The van der Waals surface area contributed by atoms with Gasteiger partial charge < -0.3 is 5.32 Å². The number of carbonyl (C=O) groups excluding carboxylic acids is 1. The maximum atomic E-state index is 12.1. The maximum Gasteiger partial charge on any atom is 0.232 e. The quantitative estimate of drug-likeness (QED) is 0.534. The van der Waals surface area contributed by atoms with Crippen LogP contribution in [0.5, 0.6) is 0 Å². The topological polar surface area (TPSA) is 66.5 Å². The number of anilines is 1. The standard InChI is InChI=1S/C20H25IN2O3S/c1-16(17-7-4-3-5-8-17)15-22-20(24)9-6-14-23(27(2,25)26)19-12-10-18(21)11-13-19/h3-5,7-8,10-13,16H,6,9,14-15H2,1-2H3,(H,22,24). The van der Waals surface area contributed by atoms with E-state index < -0.39 is 10.0 Å². The van der Waals surface area contributed by atoms with E-state index in [4.69, 9.17) is 0 Å². The SMILES string of the molecule is CC(CNC(=O)CCCN(c1ccc(I)cc1)S(C)(=O)=O)c1ccccc1. The van der Waals surface area contributed by atoms with Crippen molar-refractivity contribution in [2.45, 2.75) is 25.7 Å². The van der Waals surface area contributed by atoms with Crippen molar-refractivity contribution >= 4 is 44.2 Å². The van der Waals surface area contributed by atoms with Crippen molar-refractivity contribution in [2.24, 2.45) is 0 Å². The van der Waals surface area contributed by atoms with Crippen LogP contribution in [-0.2, 0) is 14.8 Å². The second kappa shape index (κ2) is 10.1. The molecule has 2 rings (SSSR count). The molecule has 0 spiro atoms. The highest BCUT2D eigenvalue weighted by molar-refractivity contribution is 14.1. The summed E-state index contributed by atoms with van der Waals surface area (Å²) in [6.07, 6.45) is 1.94. The van der Waals surface area contributed by atoms with Crippen LogP contribution < -0.4 is 9.62 Å². The van der Waals surface area contributed by atoms with E-state index in [1.54, 1.807) is 12.1 Å². The first-order chi connectivity index (χ1) is 12.8. The van der Waals surface area contributed by atoms with Crippen molar-refractivity contribution in [1.29, 1.82) is 0 Å². The van der Waals surface area contributed by atoms with Crippen LogP contribution in [0.3, 0.4) is 0 Å². The maximum absolute atomic E-state index is 12.1. The summed E-state index contributed by atoms with van der Waals surface area (Å²) in [6.45, 7) is 2.91. The minimum Gasteiger partial charge on any atom is -0.356 e. The third-order valence-electron chi connectivity index (χ3n) is 4.25. The minimum absolute atomic E-state index is 0.0613. The molecule has 0 fully saturated rings. The molecular weight excluding hydrogens is 475 g/mol. The van der Waals surface area contributed by atoms with Crippen molar-refractivity contribution < 1.29 is 13.2 Å². The fourth-order valence-electron chi connectivity index (χ4n) is 2.73. The first-order valence-corrected chi connectivity index (χ1v) is 11.7. The zero-order chi connectivity index (χ0) is 19.9. The number of benzene rings is 2. The molecule has 1 amide bonds. The Hall–Kier alpha value is -1.61. The summed E-state index contributed by atoms with van der Waals surface area (Å²) in [7, 11) is -3.39. The molecule has 0 aliphatic carbocycles. The van der Waals surface area contributed by atoms with Crippen LogP contribution in [0.15, 0.2) is 54.6 Å². The summed E-state index contributed by atoms with van der Waals surface area (Å²) < 4.78 is 26.6. The Morgan fingerprint density at radius 2 is 1.74 bits per heavy atom. The number of nitrogens with zero attached hydrogens (tertiary/aromatic N) is 1. The third kappa shape index (κ3) is 7.14. The summed E-state index contributed by atoms with van der Waals surface area (Å²) in [5.41, 5.74) is 1.80. The molecule has 0 saturated heterocycles.